The molecule has 2 unspecified atom stereocenters. The van der Waals surface area contributed by atoms with E-state index in [1.165, 1.54) is 0 Å². The van der Waals surface area contributed by atoms with Gasteiger partial charge in [0.25, 0.3) is 5.69 Å². The predicted octanol–water partition coefficient (Wildman–Crippen LogP) is 2.23. The van der Waals surface area contributed by atoms with Crippen molar-refractivity contribution in [3.05, 3.63) is 39.9 Å². The van der Waals surface area contributed by atoms with Crippen LogP contribution in [0.1, 0.15) is 25.3 Å². The molecular weight excluding hydrogens is 256 g/mol. The Bertz CT molecular complexity index is 445. The summed E-state index contributed by atoms with van der Waals surface area (Å²) in [5.41, 5.74) is 1.26. The van der Waals surface area contributed by atoms with E-state index in [-0.39, 0.29) is 16.7 Å². The molecule has 0 bridgehead atoms. The molecule has 2 rings (SSSR count). The first kappa shape index (κ1) is 14.9. The fourth-order valence-corrected chi connectivity index (χ4v) is 2.76. The third kappa shape index (κ3) is 4.02. The number of rotatable bonds is 5. The van der Waals surface area contributed by atoms with Crippen LogP contribution in [0.25, 0.3) is 0 Å². The summed E-state index contributed by atoms with van der Waals surface area (Å²) in [7, 11) is 0. The number of nitrogens with zero attached hydrogens (tertiary/aromatic N) is 2. The number of aliphatic hydroxyl groups is 1. The molecule has 0 aliphatic carbocycles. The molecule has 1 saturated heterocycles. The molecule has 1 aliphatic heterocycles. The van der Waals surface area contributed by atoms with Crippen molar-refractivity contribution in [2.24, 2.45) is 5.92 Å². The Morgan fingerprint density at radius 3 is 2.75 bits per heavy atom. The summed E-state index contributed by atoms with van der Waals surface area (Å²) in [6, 6.07) is 6.77. The maximum Gasteiger partial charge on any atom is 0.269 e. The molecule has 5 nitrogen and oxygen atoms in total. The molecule has 1 fully saturated rings. The molecule has 20 heavy (non-hydrogen) atoms. The van der Waals surface area contributed by atoms with E-state index >= 15 is 0 Å². The Morgan fingerprint density at radius 1 is 1.45 bits per heavy atom. The van der Waals surface area contributed by atoms with E-state index in [0.717, 1.165) is 44.5 Å². The van der Waals surface area contributed by atoms with Gasteiger partial charge in [-0.05, 0) is 44.2 Å². The third-order valence-electron chi connectivity index (χ3n) is 4.09. The van der Waals surface area contributed by atoms with Gasteiger partial charge in [0.15, 0.2) is 0 Å². The van der Waals surface area contributed by atoms with E-state index in [4.69, 9.17) is 0 Å². The van der Waals surface area contributed by atoms with Gasteiger partial charge in [0.1, 0.15) is 0 Å². The molecule has 2 atom stereocenters. The second-order valence-electron chi connectivity index (χ2n) is 5.62. The average molecular weight is 278 g/mol. The van der Waals surface area contributed by atoms with Gasteiger partial charge >= 0.3 is 0 Å². The van der Waals surface area contributed by atoms with E-state index in [1.807, 2.05) is 19.1 Å². The topological polar surface area (TPSA) is 66.6 Å². The Morgan fingerprint density at radius 2 is 2.15 bits per heavy atom. The first-order chi connectivity index (χ1) is 9.56. The maximum absolute atomic E-state index is 10.6. The number of piperidine rings is 1. The number of benzene rings is 1. The van der Waals surface area contributed by atoms with Crippen molar-refractivity contribution in [2.45, 2.75) is 32.3 Å². The van der Waals surface area contributed by atoms with Gasteiger partial charge in [-0.1, -0.05) is 12.1 Å². The monoisotopic (exact) mass is 278 g/mol. The van der Waals surface area contributed by atoms with Gasteiger partial charge in [0.05, 0.1) is 11.0 Å². The zero-order valence-electron chi connectivity index (χ0n) is 11.9. The minimum absolute atomic E-state index is 0.140. The van der Waals surface area contributed by atoms with Crippen LogP contribution in [-0.2, 0) is 6.42 Å². The Balaban J connectivity index is 1.84. The molecule has 1 aliphatic rings. The lowest BCUT2D eigenvalue weighted by atomic mass is 9.93. The van der Waals surface area contributed by atoms with Crippen molar-refractivity contribution in [3.8, 4) is 0 Å². The smallest absolute Gasteiger partial charge is 0.269 e. The fraction of sp³-hybridized carbons (Fsp3) is 0.600. The average Bonchev–Trinajstić information content (AvgIpc) is 2.46. The van der Waals surface area contributed by atoms with E-state index in [2.05, 4.69) is 4.90 Å². The van der Waals surface area contributed by atoms with Crippen LogP contribution in [0.3, 0.4) is 0 Å². The first-order valence-corrected chi connectivity index (χ1v) is 7.20. The van der Waals surface area contributed by atoms with Gasteiger partial charge < -0.3 is 10.0 Å². The number of hydrogen-bond donors (Lipinski definition) is 1. The van der Waals surface area contributed by atoms with Crippen molar-refractivity contribution >= 4 is 5.69 Å². The van der Waals surface area contributed by atoms with Crippen LogP contribution in [0.15, 0.2) is 24.3 Å². The van der Waals surface area contributed by atoms with Crippen molar-refractivity contribution in [3.63, 3.8) is 0 Å². The number of hydrogen-bond acceptors (Lipinski definition) is 4. The van der Waals surface area contributed by atoms with Crippen LogP contribution in [-0.4, -0.2) is 40.7 Å². The first-order valence-electron chi connectivity index (χ1n) is 7.20. The number of nitro benzene ring substituents is 1. The van der Waals surface area contributed by atoms with Crippen molar-refractivity contribution in [1.82, 2.24) is 4.90 Å². The molecule has 1 heterocycles. The van der Waals surface area contributed by atoms with E-state index in [0.29, 0.717) is 5.92 Å². The highest BCUT2D eigenvalue weighted by atomic mass is 16.6. The fourth-order valence-electron chi connectivity index (χ4n) is 2.76. The molecular formula is C15H22N2O3. The number of likely N-dealkylation sites (tertiary alicyclic amines) is 1. The summed E-state index contributed by atoms with van der Waals surface area (Å²) < 4.78 is 0. The molecule has 1 aromatic rings. The van der Waals surface area contributed by atoms with Gasteiger partial charge in [-0.3, -0.25) is 10.1 Å². The summed E-state index contributed by atoms with van der Waals surface area (Å²) >= 11 is 0. The lowest BCUT2D eigenvalue weighted by Gasteiger charge is -2.34. The summed E-state index contributed by atoms with van der Waals surface area (Å²) in [6.07, 6.45) is 2.89. The lowest BCUT2D eigenvalue weighted by Crippen LogP contribution is -2.40. The molecule has 1 aromatic carbocycles. The molecule has 1 N–H and O–H groups in total. The Kier molecular flexibility index (Phi) is 5.09. The second kappa shape index (κ2) is 6.81. The van der Waals surface area contributed by atoms with Gasteiger partial charge in [-0.2, -0.15) is 0 Å². The highest BCUT2D eigenvalue weighted by molar-refractivity contribution is 5.32. The van der Waals surface area contributed by atoms with E-state index in [9.17, 15) is 15.2 Å². The molecule has 0 aromatic heterocycles. The molecule has 0 spiro atoms. The third-order valence-corrected chi connectivity index (χ3v) is 4.09. The minimum Gasteiger partial charge on any atom is -0.393 e. The lowest BCUT2D eigenvalue weighted by molar-refractivity contribution is -0.384. The summed E-state index contributed by atoms with van der Waals surface area (Å²) in [4.78, 5) is 12.6. The van der Waals surface area contributed by atoms with Crippen LogP contribution in [0.5, 0.6) is 0 Å². The summed E-state index contributed by atoms with van der Waals surface area (Å²) in [5.74, 6) is 0.376. The molecule has 110 valence electrons. The summed E-state index contributed by atoms with van der Waals surface area (Å²) in [5, 5.41) is 20.3. The van der Waals surface area contributed by atoms with Crippen molar-refractivity contribution in [1.29, 1.82) is 0 Å². The summed E-state index contributed by atoms with van der Waals surface area (Å²) in [6.45, 7) is 4.84. The quantitative estimate of drug-likeness (QED) is 0.662. The van der Waals surface area contributed by atoms with Gasteiger partial charge in [0, 0.05) is 25.2 Å². The van der Waals surface area contributed by atoms with Crippen LogP contribution in [0.4, 0.5) is 5.69 Å². The van der Waals surface area contributed by atoms with Gasteiger partial charge in [-0.25, -0.2) is 0 Å². The second-order valence-corrected chi connectivity index (χ2v) is 5.62. The maximum atomic E-state index is 10.6. The normalized spacial score (nSPS) is 21.6. The Labute approximate surface area is 119 Å². The van der Waals surface area contributed by atoms with E-state index in [1.54, 1.807) is 12.1 Å². The van der Waals surface area contributed by atoms with Gasteiger partial charge in [0.2, 0.25) is 0 Å². The van der Waals surface area contributed by atoms with Crippen LogP contribution >= 0.6 is 0 Å². The minimum atomic E-state index is -0.373. The van der Waals surface area contributed by atoms with Crippen LogP contribution in [0.2, 0.25) is 0 Å². The molecule has 0 radical (unpaired) electrons. The number of non-ortho nitro benzene ring substituents is 1. The largest absolute Gasteiger partial charge is 0.393 e. The number of aliphatic hydroxyl groups excluding tert-OH is 1. The predicted molar refractivity (Wildman–Crippen MR) is 77.6 cm³/mol. The molecule has 0 saturated carbocycles. The highest BCUT2D eigenvalue weighted by Gasteiger charge is 2.22. The Hall–Kier alpha value is -1.46. The zero-order chi connectivity index (χ0) is 14.5. The van der Waals surface area contributed by atoms with Crippen LogP contribution in [0, 0.1) is 16.0 Å². The SMILES string of the molecule is CC(O)C1CCCN(CCc2ccc([N+](=O)[O-])cc2)C1. The number of nitro groups is 1. The van der Waals surface area contributed by atoms with Crippen molar-refractivity contribution in [2.75, 3.05) is 19.6 Å². The molecule has 5 heteroatoms. The van der Waals surface area contributed by atoms with E-state index < -0.39 is 0 Å². The highest BCUT2D eigenvalue weighted by Crippen LogP contribution is 2.20. The standard InChI is InChI=1S/C15H22N2O3/c1-12(18)14-3-2-9-16(11-14)10-8-13-4-6-15(7-5-13)17(19)20/h4-7,12,14,18H,2-3,8-11H2,1H3. The zero-order valence-corrected chi connectivity index (χ0v) is 11.9. The van der Waals surface area contributed by atoms with Gasteiger partial charge in [-0.15, -0.1) is 0 Å². The van der Waals surface area contributed by atoms with Crippen molar-refractivity contribution < 1.29 is 10.0 Å². The van der Waals surface area contributed by atoms with Crippen LogP contribution < -0.4 is 0 Å². The molecule has 0 amide bonds.